The molecule has 1 aliphatic rings. The van der Waals surface area contributed by atoms with E-state index in [4.69, 9.17) is 5.73 Å². The molecule has 0 aliphatic heterocycles. The number of nitrogens with two attached hydrogens (primary N) is 1. The third-order valence-electron chi connectivity index (χ3n) is 3.08. The standard InChI is InChI=1S/C11H18N4O/c1-6-10(7(2)15-14-6)11(16)13-5-9(12)8-3-4-8/h8-9H,3-5,12H2,1-2H3,(H,13,16)(H,14,15). The van der Waals surface area contributed by atoms with Gasteiger partial charge in [0.1, 0.15) is 0 Å². The highest BCUT2D eigenvalue weighted by Crippen LogP contribution is 2.31. The number of hydrogen-bond donors (Lipinski definition) is 3. The summed E-state index contributed by atoms with van der Waals surface area (Å²) >= 11 is 0. The minimum absolute atomic E-state index is 0.0835. The molecule has 16 heavy (non-hydrogen) atoms. The molecule has 0 radical (unpaired) electrons. The van der Waals surface area contributed by atoms with Crippen molar-refractivity contribution in [2.45, 2.75) is 32.7 Å². The highest BCUT2D eigenvalue weighted by atomic mass is 16.1. The number of rotatable bonds is 4. The van der Waals surface area contributed by atoms with Crippen molar-refractivity contribution in [2.75, 3.05) is 6.54 Å². The number of aromatic amines is 1. The number of hydrogen-bond acceptors (Lipinski definition) is 3. The Labute approximate surface area is 94.8 Å². The van der Waals surface area contributed by atoms with Gasteiger partial charge >= 0.3 is 0 Å². The summed E-state index contributed by atoms with van der Waals surface area (Å²) in [5, 5.41) is 9.66. The summed E-state index contributed by atoms with van der Waals surface area (Å²) in [5.41, 5.74) is 8.09. The molecule has 1 saturated carbocycles. The van der Waals surface area contributed by atoms with Crippen LogP contribution in [-0.2, 0) is 0 Å². The van der Waals surface area contributed by atoms with E-state index >= 15 is 0 Å². The van der Waals surface area contributed by atoms with Crippen LogP contribution in [0.3, 0.4) is 0 Å². The van der Waals surface area contributed by atoms with Gasteiger partial charge in [-0.2, -0.15) is 5.10 Å². The lowest BCUT2D eigenvalue weighted by Gasteiger charge is -2.11. The Morgan fingerprint density at radius 1 is 1.62 bits per heavy atom. The van der Waals surface area contributed by atoms with Gasteiger partial charge in [-0.15, -0.1) is 0 Å². The van der Waals surface area contributed by atoms with Crippen LogP contribution in [0.15, 0.2) is 0 Å². The van der Waals surface area contributed by atoms with Crippen molar-refractivity contribution >= 4 is 5.91 Å². The summed E-state index contributed by atoms with van der Waals surface area (Å²) in [7, 11) is 0. The Morgan fingerprint density at radius 3 is 2.81 bits per heavy atom. The molecule has 1 atom stereocenters. The number of H-pyrrole nitrogens is 1. The fourth-order valence-corrected chi connectivity index (χ4v) is 1.88. The molecule has 88 valence electrons. The quantitative estimate of drug-likeness (QED) is 0.693. The molecule has 1 amide bonds. The van der Waals surface area contributed by atoms with E-state index in [1.807, 2.05) is 13.8 Å². The lowest BCUT2D eigenvalue weighted by atomic mass is 10.1. The summed E-state index contributed by atoms with van der Waals surface area (Å²) in [6.07, 6.45) is 2.39. The van der Waals surface area contributed by atoms with Crippen molar-refractivity contribution in [3.05, 3.63) is 17.0 Å². The Balaban J connectivity index is 1.92. The maximum atomic E-state index is 11.9. The van der Waals surface area contributed by atoms with Gasteiger partial charge in [-0.3, -0.25) is 9.89 Å². The number of carbonyl (C=O) groups excluding carboxylic acids is 1. The monoisotopic (exact) mass is 222 g/mol. The first kappa shape index (κ1) is 11.1. The zero-order valence-electron chi connectivity index (χ0n) is 9.71. The first-order valence-electron chi connectivity index (χ1n) is 5.65. The lowest BCUT2D eigenvalue weighted by molar-refractivity contribution is 0.0949. The Hall–Kier alpha value is -1.36. The molecule has 1 aromatic rings. The highest BCUT2D eigenvalue weighted by molar-refractivity contribution is 5.96. The molecular weight excluding hydrogens is 204 g/mol. The maximum Gasteiger partial charge on any atom is 0.255 e. The van der Waals surface area contributed by atoms with Gasteiger partial charge in [-0.05, 0) is 32.6 Å². The van der Waals surface area contributed by atoms with Crippen LogP contribution in [-0.4, -0.2) is 28.7 Å². The van der Waals surface area contributed by atoms with E-state index in [2.05, 4.69) is 15.5 Å². The first-order chi connectivity index (χ1) is 7.59. The van der Waals surface area contributed by atoms with Crippen LogP contribution in [0.25, 0.3) is 0 Å². The number of amides is 1. The van der Waals surface area contributed by atoms with Gasteiger partial charge in [-0.1, -0.05) is 0 Å². The largest absolute Gasteiger partial charge is 0.350 e. The molecule has 4 N–H and O–H groups in total. The molecule has 2 rings (SSSR count). The average Bonchev–Trinajstić information content (AvgIpc) is 3.02. The molecule has 1 heterocycles. The second-order valence-corrected chi connectivity index (χ2v) is 4.52. The van der Waals surface area contributed by atoms with Gasteiger partial charge in [-0.25, -0.2) is 0 Å². The summed E-state index contributed by atoms with van der Waals surface area (Å²) in [6.45, 7) is 4.21. The topological polar surface area (TPSA) is 83.8 Å². The normalized spacial score (nSPS) is 17.2. The van der Waals surface area contributed by atoms with E-state index in [0.717, 1.165) is 11.4 Å². The molecule has 0 bridgehead atoms. The third-order valence-corrected chi connectivity index (χ3v) is 3.08. The molecule has 5 heteroatoms. The van der Waals surface area contributed by atoms with Crippen molar-refractivity contribution < 1.29 is 4.79 Å². The summed E-state index contributed by atoms with van der Waals surface area (Å²) < 4.78 is 0. The zero-order valence-corrected chi connectivity index (χ0v) is 9.71. The second kappa shape index (κ2) is 4.25. The molecule has 0 saturated heterocycles. The minimum atomic E-state index is -0.0835. The van der Waals surface area contributed by atoms with Crippen molar-refractivity contribution in [1.82, 2.24) is 15.5 Å². The van der Waals surface area contributed by atoms with Crippen LogP contribution in [0.4, 0.5) is 0 Å². The van der Waals surface area contributed by atoms with E-state index < -0.39 is 0 Å². The molecule has 1 unspecified atom stereocenters. The van der Waals surface area contributed by atoms with Crippen molar-refractivity contribution in [3.63, 3.8) is 0 Å². The van der Waals surface area contributed by atoms with Crippen LogP contribution >= 0.6 is 0 Å². The zero-order chi connectivity index (χ0) is 11.7. The number of nitrogens with one attached hydrogen (secondary N) is 2. The summed E-state index contributed by atoms with van der Waals surface area (Å²) in [5.74, 6) is 0.520. The molecule has 0 spiro atoms. The Morgan fingerprint density at radius 2 is 2.31 bits per heavy atom. The van der Waals surface area contributed by atoms with Crippen molar-refractivity contribution in [2.24, 2.45) is 11.7 Å². The van der Waals surface area contributed by atoms with Gasteiger partial charge < -0.3 is 11.1 Å². The predicted molar refractivity (Wildman–Crippen MR) is 61.1 cm³/mol. The molecule has 1 aromatic heterocycles. The van der Waals surface area contributed by atoms with E-state index in [-0.39, 0.29) is 11.9 Å². The van der Waals surface area contributed by atoms with Crippen molar-refractivity contribution in [3.8, 4) is 0 Å². The van der Waals surface area contributed by atoms with Crippen LogP contribution < -0.4 is 11.1 Å². The number of nitrogens with zero attached hydrogens (tertiary/aromatic N) is 1. The smallest absolute Gasteiger partial charge is 0.255 e. The Kier molecular flexibility index (Phi) is 2.96. The molecule has 1 fully saturated rings. The fourth-order valence-electron chi connectivity index (χ4n) is 1.88. The van der Waals surface area contributed by atoms with Crippen molar-refractivity contribution in [1.29, 1.82) is 0 Å². The second-order valence-electron chi connectivity index (χ2n) is 4.52. The summed E-state index contributed by atoms with van der Waals surface area (Å²) in [4.78, 5) is 11.9. The predicted octanol–water partition coefficient (Wildman–Crippen LogP) is 0.494. The average molecular weight is 222 g/mol. The maximum absolute atomic E-state index is 11.9. The van der Waals surface area contributed by atoms with Crippen LogP contribution in [0.1, 0.15) is 34.6 Å². The van der Waals surface area contributed by atoms with Gasteiger partial charge in [0, 0.05) is 18.3 Å². The summed E-state index contributed by atoms with van der Waals surface area (Å²) in [6, 6.07) is 0.0939. The van der Waals surface area contributed by atoms with Crippen LogP contribution in [0.5, 0.6) is 0 Å². The van der Waals surface area contributed by atoms with E-state index in [1.54, 1.807) is 0 Å². The van der Waals surface area contributed by atoms with Gasteiger partial charge in [0.25, 0.3) is 5.91 Å². The fraction of sp³-hybridized carbons (Fsp3) is 0.636. The Bertz CT molecular complexity index is 375. The minimum Gasteiger partial charge on any atom is -0.350 e. The van der Waals surface area contributed by atoms with E-state index in [9.17, 15) is 4.79 Å². The number of aromatic nitrogens is 2. The van der Waals surface area contributed by atoms with Gasteiger partial charge in [0.15, 0.2) is 0 Å². The molecule has 5 nitrogen and oxygen atoms in total. The van der Waals surface area contributed by atoms with Crippen LogP contribution in [0.2, 0.25) is 0 Å². The van der Waals surface area contributed by atoms with E-state index in [0.29, 0.717) is 18.0 Å². The van der Waals surface area contributed by atoms with Gasteiger partial charge in [0.05, 0.1) is 11.3 Å². The molecular formula is C11H18N4O. The highest BCUT2D eigenvalue weighted by Gasteiger charge is 2.28. The van der Waals surface area contributed by atoms with Crippen LogP contribution in [0, 0.1) is 19.8 Å². The lowest BCUT2D eigenvalue weighted by Crippen LogP contribution is -2.38. The molecule has 0 aromatic carbocycles. The number of aryl methyl sites for hydroxylation is 2. The third kappa shape index (κ3) is 2.24. The van der Waals surface area contributed by atoms with Gasteiger partial charge in [0.2, 0.25) is 0 Å². The first-order valence-corrected chi connectivity index (χ1v) is 5.65. The van der Waals surface area contributed by atoms with E-state index in [1.165, 1.54) is 12.8 Å². The molecule has 1 aliphatic carbocycles. The number of carbonyl (C=O) groups is 1. The SMILES string of the molecule is Cc1n[nH]c(C)c1C(=O)NCC(N)C1CC1.